The van der Waals surface area contributed by atoms with Crippen molar-refractivity contribution < 1.29 is 79.5 Å². The number of aliphatic hydroxyl groups excluding tert-OH is 10. The van der Waals surface area contributed by atoms with Gasteiger partial charge in [0.1, 0.15) is 67.1 Å². The van der Waals surface area contributed by atoms with Crippen molar-refractivity contribution in [2.24, 2.45) is 45.3 Å². The molecule has 0 radical (unpaired) electrons. The van der Waals surface area contributed by atoms with Gasteiger partial charge in [-0.3, -0.25) is 0 Å². The number of ether oxygens (including phenoxy) is 6. The molecule has 3 aliphatic heterocycles. The maximum absolute atomic E-state index is 12.2. The number of hydrogen-bond acceptors (Lipinski definition) is 16. The van der Waals surface area contributed by atoms with Gasteiger partial charge in [-0.1, -0.05) is 58.4 Å². The highest BCUT2D eigenvalue weighted by molar-refractivity contribution is 5.22. The van der Waals surface area contributed by atoms with Crippen molar-refractivity contribution in [1.82, 2.24) is 0 Å². The van der Waals surface area contributed by atoms with Crippen molar-refractivity contribution in [2.45, 2.75) is 204 Å². The van der Waals surface area contributed by atoms with Crippen LogP contribution < -0.4 is 0 Å². The molecule has 0 aromatic heterocycles. The predicted molar refractivity (Wildman–Crippen MR) is 226 cm³/mol. The number of rotatable bonds is 12. The van der Waals surface area contributed by atoms with Crippen molar-refractivity contribution in [3.05, 3.63) is 23.8 Å². The van der Waals surface area contributed by atoms with Gasteiger partial charge in [0.2, 0.25) is 0 Å². The van der Waals surface area contributed by atoms with Crippen LogP contribution in [0.1, 0.15) is 106 Å². The summed E-state index contributed by atoms with van der Waals surface area (Å²) in [5.74, 6) is 0.852. The molecule has 3 saturated heterocycles. The Labute approximate surface area is 372 Å². The van der Waals surface area contributed by atoms with Gasteiger partial charge >= 0.3 is 0 Å². The number of aliphatic hydroxyl groups is 10. The lowest BCUT2D eigenvalue weighted by molar-refractivity contribution is -0.395. The highest BCUT2D eigenvalue weighted by atomic mass is 16.8. The molecule has 16 heteroatoms. The first-order valence-corrected chi connectivity index (χ1v) is 23.4. The van der Waals surface area contributed by atoms with Crippen LogP contribution in [-0.4, -0.2) is 169 Å². The number of allylic oxidation sites excluding steroid dienone is 3. The van der Waals surface area contributed by atoms with Gasteiger partial charge in [0, 0.05) is 0 Å². The summed E-state index contributed by atoms with van der Waals surface area (Å²) in [5.41, 5.74) is 1.85. The fourth-order valence-electron chi connectivity index (χ4n) is 14.2. The molecule has 4 aliphatic carbocycles. The fourth-order valence-corrected chi connectivity index (χ4v) is 14.2. The Morgan fingerprint density at radius 2 is 1.22 bits per heavy atom. The van der Waals surface area contributed by atoms with Crippen LogP contribution in [0.3, 0.4) is 0 Å². The summed E-state index contributed by atoms with van der Waals surface area (Å²) >= 11 is 0. The molecule has 7 aliphatic rings. The van der Waals surface area contributed by atoms with Gasteiger partial charge < -0.3 is 79.5 Å². The van der Waals surface area contributed by atoms with Crippen LogP contribution in [0, 0.1) is 45.3 Å². The summed E-state index contributed by atoms with van der Waals surface area (Å²) in [7, 11) is 0. The van der Waals surface area contributed by atoms with E-state index in [0.717, 1.165) is 51.4 Å². The van der Waals surface area contributed by atoms with E-state index in [1.807, 2.05) is 0 Å². The first-order chi connectivity index (χ1) is 29.5. The minimum absolute atomic E-state index is 0.0132. The fraction of sp³-hybridized carbons (Fsp3) is 0.915. The van der Waals surface area contributed by atoms with E-state index in [2.05, 4.69) is 61.1 Å². The van der Waals surface area contributed by atoms with Crippen molar-refractivity contribution in [1.29, 1.82) is 0 Å². The molecule has 0 unspecified atom stereocenters. The molecule has 7 fully saturated rings. The molecule has 23 atom stereocenters. The molecule has 4 saturated carbocycles. The second-order valence-electron chi connectivity index (χ2n) is 21.8. The van der Waals surface area contributed by atoms with Crippen molar-refractivity contribution >= 4 is 0 Å². The van der Waals surface area contributed by atoms with Crippen molar-refractivity contribution in [2.75, 3.05) is 19.8 Å². The molecule has 3 heterocycles. The van der Waals surface area contributed by atoms with Crippen LogP contribution in [0.25, 0.3) is 0 Å². The van der Waals surface area contributed by atoms with Gasteiger partial charge in [0.15, 0.2) is 18.9 Å². The molecule has 0 aromatic rings. The summed E-state index contributed by atoms with van der Waals surface area (Å²) in [6.07, 6.45) is -13.0. The van der Waals surface area contributed by atoms with Crippen molar-refractivity contribution in [3.8, 4) is 0 Å². The number of hydrogen-bond donors (Lipinski definition) is 10. The molecule has 16 nitrogen and oxygen atoms in total. The van der Waals surface area contributed by atoms with Gasteiger partial charge in [-0.15, -0.1) is 0 Å². The van der Waals surface area contributed by atoms with E-state index in [9.17, 15) is 51.1 Å². The average molecular weight is 899 g/mol. The Morgan fingerprint density at radius 1 is 0.651 bits per heavy atom. The largest absolute Gasteiger partial charge is 0.394 e. The third-order valence-electron chi connectivity index (χ3n) is 17.9. The van der Waals surface area contributed by atoms with Gasteiger partial charge in [-0.05, 0) is 117 Å². The van der Waals surface area contributed by atoms with Crippen LogP contribution in [0.2, 0.25) is 0 Å². The SMILES string of the molecule is C=C(CCC=C(C)C)[C@H]1CC[C@]2(C)[C@@H]1[C@H](O)C[C@@H]1[C@@]3(C)CC[C@H](O[C@@H]4O[C@H](CO)[C@@H](O)[C@H](O)[C@H]4O[C@@H]4O[C@H](CO)[C@@H](O)[C@H](O)[C@H]4O[C@@H]4OC[C@@H](O)[C@H](O)[C@H]4O)C(C)(C)[C@@H]3CC[C@]12C. The molecular formula is C47H78O16. The second-order valence-corrected chi connectivity index (χ2v) is 21.8. The maximum Gasteiger partial charge on any atom is 0.187 e. The Bertz CT molecular complexity index is 1620. The Balaban J connectivity index is 1.11. The standard InChI is InChI=1S/C47H78O16/c1-22(2)10-9-11-23(3)24-12-16-47(8)32(24)25(50)18-30-45(6)15-14-31(44(4,5)29(45)13-17-46(30,47)7)61-42-39(36(55)34(53)27(19-48)59-42)63-43-40(37(56)35(54)28(20-49)60-43)62-41-38(57)33(52)26(51)21-58-41/h10,24-43,48-57H,3,9,11-21H2,1-2,4-8H3/t24-,25-,26-,27-,28-,29+,30-,31+,32+,33+,34-,35-,36+,37+,38-,39-,40-,41+,42+,43+,45+,46-,47-/m1/s1. The lowest BCUT2D eigenvalue weighted by Crippen LogP contribution is -2.68. The quantitative estimate of drug-likeness (QED) is 0.0982. The maximum atomic E-state index is 12.2. The molecule has 0 bridgehead atoms. The van der Waals surface area contributed by atoms with E-state index < -0.39 is 123 Å². The molecule has 63 heavy (non-hydrogen) atoms. The zero-order chi connectivity index (χ0) is 46.1. The highest BCUT2D eigenvalue weighted by Gasteiger charge is 2.71. The van der Waals surface area contributed by atoms with E-state index in [1.165, 1.54) is 11.1 Å². The van der Waals surface area contributed by atoms with Gasteiger partial charge in [0.25, 0.3) is 0 Å². The lowest BCUT2D eigenvalue weighted by atomic mass is 9.35. The Hall–Kier alpha value is -1.16. The van der Waals surface area contributed by atoms with Crippen LogP contribution in [-0.2, 0) is 28.4 Å². The summed E-state index contributed by atoms with van der Waals surface area (Å²) < 4.78 is 36.4. The lowest BCUT2D eigenvalue weighted by Gasteiger charge is -2.70. The third-order valence-corrected chi connectivity index (χ3v) is 17.9. The van der Waals surface area contributed by atoms with Gasteiger partial charge in [-0.2, -0.15) is 0 Å². The minimum atomic E-state index is -1.82. The van der Waals surface area contributed by atoms with Crippen LogP contribution >= 0.6 is 0 Å². The second kappa shape index (κ2) is 18.7. The molecule has 10 N–H and O–H groups in total. The smallest absolute Gasteiger partial charge is 0.187 e. The van der Waals surface area contributed by atoms with Crippen molar-refractivity contribution in [3.63, 3.8) is 0 Å². The highest BCUT2D eigenvalue weighted by Crippen LogP contribution is 2.75. The Kier molecular flexibility index (Phi) is 14.8. The van der Waals surface area contributed by atoms with Crippen LogP contribution in [0.5, 0.6) is 0 Å². The number of fused-ring (bicyclic) bond motifs is 5. The third kappa shape index (κ3) is 8.56. The summed E-state index contributed by atoms with van der Waals surface area (Å²) in [6.45, 7) is 18.7. The van der Waals surface area contributed by atoms with E-state index in [0.29, 0.717) is 12.3 Å². The molecule has 0 amide bonds. The van der Waals surface area contributed by atoms with Crippen LogP contribution in [0.15, 0.2) is 23.8 Å². The summed E-state index contributed by atoms with van der Waals surface area (Å²) in [4.78, 5) is 0. The molecule has 7 rings (SSSR count). The van der Waals surface area contributed by atoms with E-state index in [-0.39, 0.29) is 34.0 Å². The van der Waals surface area contributed by atoms with E-state index >= 15 is 0 Å². The summed E-state index contributed by atoms with van der Waals surface area (Å²) in [5, 5.41) is 108. The zero-order valence-electron chi connectivity index (χ0n) is 38.2. The summed E-state index contributed by atoms with van der Waals surface area (Å²) in [6, 6.07) is 0. The molecular weight excluding hydrogens is 821 g/mol. The van der Waals surface area contributed by atoms with Gasteiger partial charge in [0.05, 0.1) is 32.0 Å². The van der Waals surface area contributed by atoms with Gasteiger partial charge in [-0.25, -0.2) is 0 Å². The normalized spacial score (nSPS) is 52.0. The van der Waals surface area contributed by atoms with E-state index in [1.54, 1.807) is 0 Å². The topological polar surface area (TPSA) is 258 Å². The zero-order valence-corrected chi connectivity index (χ0v) is 38.2. The molecule has 0 aromatic carbocycles. The average Bonchev–Trinajstić information content (AvgIpc) is 3.61. The first-order valence-electron chi connectivity index (χ1n) is 23.4. The monoisotopic (exact) mass is 899 g/mol. The molecule has 362 valence electrons. The molecule has 0 spiro atoms. The Morgan fingerprint density at radius 3 is 1.81 bits per heavy atom. The van der Waals surface area contributed by atoms with E-state index in [4.69, 9.17) is 28.4 Å². The van der Waals surface area contributed by atoms with Crippen LogP contribution in [0.4, 0.5) is 0 Å². The first kappa shape index (κ1) is 49.7. The predicted octanol–water partition coefficient (Wildman–Crippen LogP) is 1.42. The minimum Gasteiger partial charge on any atom is -0.394 e.